The molecule has 2 heterocycles. The van der Waals surface area contributed by atoms with Gasteiger partial charge >= 0.3 is 0 Å². The highest BCUT2D eigenvalue weighted by molar-refractivity contribution is 5.95. The van der Waals surface area contributed by atoms with E-state index >= 15 is 0 Å². The molecule has 1 fully saturated rings. The number of aromatic nitrogens is 1. The largest absolute Gasteiger partial charge is 0.322 e. The highest BCUT2D eigenvalue weighted by Gasteiger charge is 2.22. The fourth-order valence-electron chi connectivity index (χ4n) is 3.13. The van der Waals surface area contributed by atoms with E-state index in [4.69, 9.17) is 0 Å². The number of nitrogens with one attached hydrogen (secondary N) is 2. The number of piperidine rings is 1. The van der Waals surface area contributed by atoms with Crippen LogP contribution >= 0.6 is 0 Å². The van der Waals surface area contributed by atoms with Crippen molar-refractivity contribution in [1.29, 1.82) is 0 Å². The van der Waals surface area contributed by atoms with Crippen LogP contribution in [0.25, 0.3) is 0 Å². The number of aryl methyl sites for hydroxylation is 1. The lowest BCUT2D eigenvalue weighted by molar-refractivity contribution is 0.0966. The first-order chi connectivity index (χ1) is 10.7. The Hall–Kier alpha value is -1.94. The van der Waals surface area contributed by atoms with Crippen LogP contribution in [-0.2, 0) is 0 Å². The van der Waals surface area contributed by atoms with Gasteiger partial charge in [-0.1, -0.05) is 12.2 Å². The Morgan fingerprint density at radius 3 is 2.95 bits per heavy atom. The number of amides is 1. The average Bonchev–Trinajstić information content (AvgIpc) is 2.57. The molecule has 22 heavy (non-hydrogen) atoms. The highest BCUT2D eigenvalue weighted by atomic mass is 16.1. The van der Waals surface area contributed by atoms with Gasteiger partial charge in [0.15, 0.2) is 0 Å². The normalized spacial score (nSPS) is 24.7. The quantitative estimate of drug-likeness (QED) is 0.901. The molecule has 1 unspecified atom stereocenters. The molecular weight excluding hydrogens is 274 g/mol. The van der Waals surface area contributed by atoms with Crippen LogP contribution in [0.2, 0.25) is 0 Å². The molecule has 0 saturated carbocycles. The van der Waals surface area contributed by atoms with Crippen molar-refractivity contribution >= 4 is 5.91 Å². The van der Waals surface area contributed by atoms with Crippen LogP contribution in [0.3, 0.4) is 0 Å². The summed E-state index contributed by atoms with van der Waals surface area (Å²) in [5, 5.41) is 6.43. The van der Waals surface area contributed by atoms with Crippen LogP contribution in [0, 0.1) is 18.8 Å². The summed E-state index contributed by atoms with van der Waals surface area (Å²) in [4.78, 5) is 16.3. The molecule has 0 bridgehead atoms. The summed E-state index contributed by atoms with van der Waals surface area (Å²) in [6.45, 7) is 4.17. The van der Waals surface area contributed by atoms with Gasteiger partial charge in [-0.25, -0.2) is 0 Å². The lowest BCUT2D eigenvalue weighted by Gasteiger charge is -2.30. The van der Waals surface area contributed by atoms with E-state index < -0.39 is 0 Å². The van der Waals surface area contributed by atoms with E-state index in [9.17, 15) is 4.79 Å². The summed E-state index contributed by atoms with van der Waals surface area (Å²) in [7, 11) is 0. The van der Waals surface area contributed by atoms with Crippen LogP contribution in [0.1, 0.15) is 35.3 Å². The summed E-state index contributed by atoms with van der Waals surface area (Å²) < 4.78 is 0. The Labute approximate surface area is 131 Å². The fourth-order valence-corrected chi connectivity index (χ4v) is 3.13. The van der Waals surface area contributed by atoms with E-state index in [1.807, 2.05) is 19.1 Å². The minimum Gasteiger partial charge on any atom is -0.322 e. The van der Waals surface area contributed by atoms with Gasteiger partial charge in [-0.2, -0.15) is 0 Å². The van der Waals surface area contributed by atoms with Gasteiger partial charge in [0.05, 0.1) is 5.56 Å². The van der Waals surface area contributed by atoms with E-state index in [0.29, 0.717) is 11.5 Å². The number of carbonyl (C=O) groups excluding carboxylic acids is 1. The maximum atomic E-state index is 12.2. The third kappa shape index (κ3) is 3.63. The number of nitrogens with zero attached hydrogens (tertiary/aromatic N) is 1. The Bertz CT molecular complexity index is 583. The van der Waals surface area contributed by atoms with Gasteiger partial charge in [-0.05, 0) is 69.3 Å². The summed E-state index contributed by atoms with van der Waals surface area (Å²) in [5.41, 5.74) is 2.40. The standard InChI is InChI=1S/C18H23N3O/c1-13-4-5-16(12-20-13)18(22)21-17-8-6-14(7-9-17)15-3-2-10-19-11-15/h4-6,8-9,12,14-15,19H,2-3,7,10-11H2,1H3,(H,21,22)/t14?,15-/m1/s1. The van der Waals surface area contributed by atoms with Crippen molar-refractivity contribution in [3.8, 4) is 0 Å². The van der Waals surface area contributed by atoms with Crippen molar-refractivity contribution in [2.75, 3.05) is 13.1 Å². The second-order valence-electron chi connectivity index (χ2n) is 6.17. The number of hydrogen-bond donors (Lipinski definition) is 2. The second-order valence-corrected chi connectivity index (χ2v) is 6.17. The van der Waals surface area contributed by atoms with Crippen molar-refractivity contribution in [2.24, 2.45) is 11.8 Å². The molecule has 1 aliphatic heterocycles. The first-order valence-electron chi connectivity index (χ1n) is 8.05. The first-order valence-corrected chi connectivity index (χ1v) is 8.05. The van der Waals surface area contributed by atoms with Gasteiger partial charge in [0, 0.05) is 17.6 Å². The zero-order valence-corrected chi connectivity index (χ0v) is 13.0. The molecular formula is C18H23N3O. The maximum Gasteiger partial charge on any atom is 0.257 e. The molecule has 0 radical (unpaired) electrons. The van der Waals surface area contributed by atoms with Crippen LogP contribution in [0.15, 0.2) is 42.3 Å². The van der Waals surface area contributed by atoms with E-state index in [-0.39, 0.29) is 5.91 Å². The first kappa shape index (κ1) is 15.0. The molecule has 1 saturated heterocycles. The number of rotatable bonds is 3. The van der Waals surface area contributed by atoms with Gasteiger partial charge in [-0.15, -0.1) is 0 Å². The zero-order valence-electron chi connectivity index (χ0n) is 13.0. The van der Waals surface area contributed by atoms with Crippen LogP contribution in [0.5, 0.6) is 0 Å². The topological polar surface area (TPSA) is 54.0 Å². The fraction of sp³-hybridized carbons (Fsp3) is 0.444. The van der Waals surface area contributed by atoms with Gasteiger partial charge in [0.25, 0.3) is 5.91 Å². The Balaban J connectivity index is 1.56. The summed E-state index contributed by atoms with van der Waals surface area (Å²) in [6, 6.07) is 3.66. The lowest BCUT2D eigenvalue weighted by Crippen LogP contribution is -2.34. The van der Waals surface area contributed by atoms with Crippen LogP contribution in [0.4, 0.5) is 0 Å². The molecule has 3 rings (SSSR count). The lowest BCUT2D eigenvalue weighted by atomic mass is 9.82. The molecule has 4 heteroatoms. The minimum atomic E-state index is -0.0961. The Kier molecular flexibility index (Phi) is 4.68. The van der Waals surface area contributed by atoms with Crippen LogP contribution in [-0.4, -0.2) is 24.0 Å². The SMILES string of the molecule is Cc1ccc(C(=O)NC2=CCC([C@@H]3CCCNC3)C=C2)cn1. The molecule has 2 N–H and O–H groups in total. The Morgan fingerprint density at radius 2 is 2.32 bits per heavy atom. The van der Waals surface area contributed by atoms with Gasteiger partial charge in [-0.3, -0.25) is 9.78 Å². The van der Waals surface area contributed by atoms with Crippen molar-refractivity contribution in [1.82, 2.24) is 15.6 Å². The highest BCUT2D eigenvalue weighted by Crippen LogP contribution is 2.27. The predicted octanol–water partition coefficient (Wildman–Crippen LogP) is 2.58. The molecule has 4 nitrogen and oxygen atoms in total. The summed E-state index contributed by atoms with van der Waals surface area (Å²) >= 11 is 0. The monoisotopic (exact) mass is 297 g/mol. The van der Waals surface area contributed by atoms with Crippen molar-refractivity contribution in [3.63, 3.8) is 0 Å². The van der Waals surface area contributed by atoms with Gasteiger partial charge < -0.3 is 10.6 Å². The minimum absolute atomic E-state index is 0.0961. The van der Waals surface area contributed by atoms with Crippen molar-refractivity contribution in [2.45, 2.75) is 26.2 Å². The number of pyridine rings is 1. The molecule has 2 atom stereocenters. The molecule has 1 aromatic heterocycles. The molecule has 116 valence electrons. The van der Waals surface area contributed by atoms with Crippen molar-refractivity contribution < 1.29 is 4.79 Å². The van der Waals surface area contributed by atoms with Gasteiger partial charge in [0.2, 0.25) is 0 Å². The third-order valence-electron chi connectivity index (χ3n) is 4.50. The maximum absolute atomic E-state index is 12.2. The summed E-state index contributed by atoms with van der Waals surface area (Å²) in [5.74, 6) is 1.22. The second kappa shape index (κ2) is 6.88. The van der Waals surface area contributed by atoms with E-state index in [0.717, 1.165) is 36.8 Å². The molecule has 0 aromatic carbocycles. The smallest absolute Gasteiger partial charge is 0.257 e. The zero-order chi connectivity index (χ0) is 15.4. The number of allylic oxidation sites excluding steroid dienone is 3. The van der Waals surface area contributed by atoms with E-state index in [2.05, 4.69) is 27.8 Å². The van der Waals surface area contributed by atoms with Gasteiger partial charge in [0.1, 0.15) is 0 Å². The van der Waals surface area contributed by atoms with E-state index in [1.54, 1.807) is 12.3 Å². The average molecular weight is 297 g/mol. The molecule has 1 amide bonds. The van der Waals surface area contributed by atoms with E-state index in [1.165, 1.54) is 12.8 Å². The molecule has 1 aliphatic carbocycles. The number of hydrogen-bond acceptors (Lipinski definition) is 3. The molecule has 1 aromatic rings. The number of carbonyl (C=O) groups is 1. The predicted molar refractivity (Wildman–Crippen MR) is 87.4 cm³/mol. The third-order valence-corrected chi connectivity index (χ3v) is 4.50. The molecule has 0 spiro atoms. The molecule has 2 aliphatic rings. The Morgan fingerprint density at radius 1 is 1.41 bits per heavy atom. The van der Waals surface area contributed by atoms with Crippen molar-refractivity contribution in [3.05, 3.63) is 53.5 Å². The summed E-state index contributed by atoms with van der Waals surface area (Å²) in [6.07, 6.45) is 11.6. The van der Waals surface area contributed by atoms with Crippen LogP contribution < -0.4 is 10.6 Å².